The quantitative estimate of drug-likeness (QED) is 0.669. The number of rotatable bonds is 5. The molecule has 2 heterocycles. The molecule has 0 bridgehead atoms. The summed E-state index contributed by atoms with van der Waals surface area (Å²) in [6.45, 7) is 2.96. The molecule has 0 saturated heterocycles. The van der Waals surface area contributed by atoms with Crippen LogP contribution in [0.4, 0.5) is 5.69 Å². The minimum atomic E-state index is -1.14. The van der Waals surface area contributed by atoms with Gasteiger partial charge >= 0.3 is 5.97 Å². The summed E-state index contributed by atoms with van der Waals surface area (Å²) < 4.78 is 12.4. The van der Waals surface area contributed by atoms with Gasteiger partial charge in [0.2, 0.25) is 5.88 Å². The number of ether oxygens (including phenoxy) is 1. The van der Waals surface area contributed by atoms with Crippen LogP contribution in [-0.2, 0) is 9.53 Å². The highest BCUT2D eigenvalue weighted by Crippen LogP contribution is 2.26. The molecule has 0 spiro atoms. The first kappa shape index (κ1) is 19.5. The number of carbonyl (C=O) groups is 2. The van der Waals surface area contributed by atoms with Crippen LogP contribution in [-0.4, -0.2) is 22.5 Å². The molecule has 0 aliphatic heterocycles. The Balaban J connectivity index is 1.77. The van der Waals surface area contributed by atoms with Crippen LogP contribution in [0.15, 0.2) is 53.2 Å². The monoisotopic (exact) mass is 388 g/mol. The maximum absolute atomic E-state index is 12.6. The van der Waals surface area contributed by atoms with Gasteiger partial charge in [-0.2, -0.15) is 10.5 Å². The van der Waals surface area contributed by atoms with Crippen molar-refractivity contribution in [3.8, 4) is 18.0 Å². The molecular formula is C21H16N4O4. The first-order chi connectivity index (χ1) is 13.9. The summed E-state index contributed by atoms with van der Waals surface area (Å²) in [4.78, 5) is 25.0. The lowest BCUT2D eigenvalue weighted by Gasteiger charge is -2.13. The zero-order valence-corrected chi connectivity index (χ0v) is 15.7. The van der Waals surface area contributed by atoms with Crippen molar-refractivity contribution in [3.05, 3.63) is 71.2 Å². The van der Waals surface area contributed by atoms with Crippen LogP contribution in [0.25, 0.3) is 5.88 Å². The Hall–Kier alpha value is -4.30. The van der Waals surface area contributed by atoms with E-state index in [1.165, 1.54) is 13.0 Å². The molecule has 29 heavy (non-hydrogen) atoms. The number of nitrogens with one attached hydrogen (secondary N) is 1. The Morgan fingerprint density at radius 2 is 1.90 bits per heavy atom. The summed E-state index contributed by atoms with van der Waals surface area (Å²) in [5.41, 5.74) is 0.794. The fourth-order valence-corrected chi connectivity index (χ4v) is 2.71. The normalized spacial score (nSPS) is 11.2. The van der Waals surface area contributed by atoms with Gasteiger partial charge in [0.25, 0.3) is 5.91 Å². The second kappa shape index (κ2) is 8.15. The molecule has 3 rings (SSSR count). The number of hydrogen-bond donors (Lipinski definition) is 1. The third-order valence-corrected chi connectivity index (χ3v) is 4.13. The summed E-state index contributed by atoms with van der Waals surface area (Å²) in [5, 5.41) is 21.0. The fourth-order valence-electron chi connectivity index (χ4n) is 2.71. The summed E-state index contributed by atoms with van der Waals surface area (Å²) >= 11 is 0. The largest absolute Gasteiger partial charge is 0.449 e. The van der Waals surface area contributed by atoms with Crippen molar-refractivity contribution in [2.45, 2.75) is 20.0 Å². The lowest BCUT2D eigenvalue weighted by molar-refractivity contribution is -0.123. The molecule has 8 nitrogen and oxygen atoms in total. The van der Waals surface area contributed by atoms with Crippen LogP contribution in [0.3, 0.4) is 0 Å². The van der Waals surface area contributed by atoms with E-state index in [0.29, 0.717) is 11.3 Å². The number of carbonyl (C=O) groups excluding carboxylic acids is 2. The third-order valence-electron chi connectivity index (χ3n) is 4.13. The van der Waals surface area contributed by atoms with Crippen LogP contribution in [0.1, 0.15) is 34.2 Å². The second-order valence-electron chi connectivity index (χ2n) is 6.14. The highest BCUT2D eigenvalue weighted by molar-refractivity contribution is 5.99. The van der Waals surface area contributed by atoms with Gasteiger partial charge in [0.1, 0.15) is 23.0 Å². The molecule has 3 aromatic rings. The molecule has 8 heteroatoms. The lowest BCUT2D eigenvalue weighted by Crippen LogP contribution is -2.30. The molecule has 144 valence electrons. The molecule has 0 aliphatic carbocycles. The molecular weight excluding hydrogens is 372 g/mol. The van der Waals surface area contributed by atoms with Crippen LogP contribution in [0.2, 0.25) is 0 Å². The van der Waals surface area contributed by atoms with E-state index < -0.39 is 18.0 Å². The molecule has 1 amide bonds. The van der Waals surface area contributed by atoms with Crippen molar-refractivity contribution in [1.82, 2.24) is 4.57 Å². The van der Waals surface area contributed by atoms with Crippen molar-refractivity contribution >= 4 is 17.6 Å². The number of anilines is 1. The maximum Gasteiger partial charge on any atom is 0.343 e. The first-order valence-electron chi connectivity index (χ1n) is 8.63. The first-order valence-corrected chi connectivity index (χ1v) is 8.63. The topological polar surface area (TPSA) is 121 Å². The van der Waals surface area contributed by atoms with Gasteiger partial charge < -0.3 is 14.5 Å². The van der Waals surface area contributed by atoms with E-state index in [9.17, 15) is 14.9 Å². The maximum atomic E-state index is 12.6. The van der Waals surface area contributed by atoms with E-state index in [2.05, 4.69) is 5.32 Å². The van der Waals surface area contributed by atoms with Crippen molar-refractivity contribution < 1.29 is 18.7 Å². The van der Waals surface area contributed by atoms with Crippen molar-refractivity contribution in [3.63, 3.8) is 0 Å². The number of furan rings is 1. The Labute approximate surface area is 166 Å². The number of hydrogen-bond acceptors (Lipinski definition) is 6. The van der Waals surface area contributed by atoms with E-state index in [-0.39, 0.29) is 22.8 Å². The Kier molecular flexibility index (Phi) is 5.47. The van der Waals surface area contributed by atoms with Crippen molar-refractivity contribution in [1.29, 1.82) is 10.5 Å². The molecule has 1 atom stereocenters. The van der Waals surface area contributed by atoms with E-state index >= 15 is 0 Å². The summed E-state index contributed by atoms with van der Waals surface area (Å²) in [7, 11) is 0. The smallest absolute Gasteiger partial charge is 0.343 e. The molecule has 0 radical (unpaired) electrons. The van der Waals surface area contributed by atoms with Crippen LogP contribution in [0, 0.1) is 29.6 Å². The Morgan fingerprint density at radius 1 is 1.17 bits per heavy atom. The predicted octanol–water partition coefficient (Wildman–Crippen LogP) is 3.31. The van der Waals surface area contributed by atoms with Gasteiger partial charge in [0, 0.05) is 18.1 Å². The summed E-state index contributed by atoms with van der Waals surface area (Å²) in [5.74, 6) is -0.995. The van der Waals surface area contributed by atoms with Gasteiger partial charge in [-0.25, -0.2) is 4.79 Å². The number of esters is 1. The van der Waals surface area contributed by atoms with E-state index in [1.54, 1.807) is 54.2 Å². The lowest BCUT2D eigenvalue weighted by atomic mass is 10.1. The van der Waals surface area contributed by atoms with Crippen LogP contribution < -0.4 is 5.32 Å². The number of aromatic nitrogens is 1. The molecule has 0 fully saturated rings. The predicted molar refractivity (Wildman–Crippen MR) is 102 cm³/mol. The number of amides is 1. The standard InChI is InChI=1S/C21H16N4O4/c1-13-18(17(12-23)20(28-13)25-8-3-4-9-25)21(27)29-14(2)19(26)24-16-7-5-6-15(10-16)11-22/h3-10,14H,1-2H3,(H,24,26). The SMILES string of the molecule is Cc1oc(-n2cccc2)c(C#N)c1C(=O)OC(C)C(=O)Nc1cccc(C#N)c1. The number of nitriles is 2. The number of benzene rings is 1. The Bertz CT molecular complexity index is 1150. The minimum absolute atomic E-state index is 0.0256. The van der Waals surface area contributed by atoms with Crippen molar-refractivity contribution in [2.75, 3.05) is 5.32 Å². The minimum Gasteiger partial charge on any atom is -0.449 e. The third kappa shape index (κ3) is 4.02. The Morgan fingerprint density at radius 3 is 2.55 bits per heavy atom. The van der Waals surface area contributed by atoms with Gasteiger partial charge in [-0.05, 0) is 44.2 Å². The molecule has 1 unspecified atom stereocenters. The zero-order chi connectivity index (χ0) is 21.0. The molecule has 1 aromatic carbocycles. The highest BCUT2D eigenvalue weighted by Gasteiger charge is 2.28. The van der Waals surface area contributed by atoms with Gasteiger partial charge in [-0.15, -0.1) is 0 Å². The summed E-state index contributed by atoms with van der Waals surface area (Å²) in [6, 6.07) is 13.8. The fraction of sp³-hybridized carbons (Fsp3) is 0.143. The molecule has 2 aromatic heterocycles. The van der Waals surface area contributed by atoms with Gasteiger partial charge in [0.15, 0.2) is 6.10 Å². The second-order valence-corrected chi connectivity index (χ2v) is 6.14. The van der Waals surface area contributed by atoms with E-state index in [0.717, 1.165) is 0 Å². The van der Waals surface area contributed by atoms with Crippen LogP contribution in [0.5, 0.6) is 0 Å². The zero-order valence-electron chi connectivity index (χ0n) is 15.7. The molecule has 1 N–H and O–H groups in total. The van der Waals surface area contributed by atoms with Crippen molar-refractivity contribution in [2.24, 2.45) is 0 Å². The van der Waals surface area contributed by atoms with Gasteiger partial charge in [-0.3, -0.25) is 9.36 Å². The van der Waals surface area contributed by atoms with E-state index in [4.69, 9.17) is 14.4 Å². The van der Waals surface area contributed by atoms with E-state index in [1.807, 2.05) is 12.1 Å². The average molecular weight is 388 g/mol. The average Bonchev–Trinajstić information content (AvgIpc) is 3.35. The number of aryl methyl sites for hydroxylation is 1. The molecule has 0 saturated carbocycles. The van der Waals surface area contributed by atoms with Gasteiger partial charge in [-0.1, -0.05) is 6.07 Å². The number of nitrogens with zero attached hydrogens (tertiary/aromatic N) is 3. The highest BCUT2D eigenvalue weighted by atomic mass is 16.5. The van der Waals surface area contributed by atoms with Gasteiger partial charge in [0.05, 0.1) is 11.6 Å². The summed E-state index contributed by atoms with van der Waals surface area (Å²) in [6.07, 6.45) is 2.23. The molecule has 0 aliphatic rings. The van der Waals surface area contributed by atoms with Crippen LogP contribution >= 0.6 is 0 Å².